The van der Waals surface area contributed by atoms with Crippen LogP contribution in [-0.2, 0) is 14.8 Å². The highest BCUT2D eigenvalue weighted by Gasteiger charge is 2.33. The second-order valence-electron chi connectivity index (χ2n) is 6.32. The third-order valence-corrected chi connectivity index (χ3v) is 6.51. The van der Waals surface area contributed by atoms with E-state index in [1.54, 1.807) is 24.3 Å². The SMILES string of the molecule is C#Cc1cccc(NC(=O)C2CCN(S(=O)(=O)c3ccccc3F)CC2)c1. The van der Waals surface area contributed by atoms with Crippen LogP contribution in [0.5, 0.6) is 0 Å². The van der Waals surface area contributed by atoms with Gasteiger partial charge in [0.25, 0.3) is 0 Å². The van der Waals surface area contributed by atoms with Gasteiger partial charge < -0.3 is 5.32 Å². The Morgan fingerprint density at radius 1 is 1.15 bits per heavy atom. The van der Waals surface area contributed by atoms with Crippen LogP contribution in [0.15, 0.2) is 53.4 Å². The summed E-state index contributed by atoms with van der Waals surface area (Å²) >= 11 is 0. The Morgan fingerprint density at radius 2 is 1.85 bits per heavy atom. The normalized spacial score (nSPS) is 15.9. The van der Waals surface area contributed by atoms with Gasteiger partial charge in [0.1, 0.15) is 10.7 Å². The molecule has 0 bridgehead atoms. The van der Waals surface area contributed by atoms with E-state index in [0.29, 0.717) is 24.1 Å². The molecule has 0 aromatic heterocycles. The fourth-order valence-electron chi connectivity index (χ4n) is 3.08. The summed E-state index contributed by atoms with van der Waals surface area (Å²) in [5, 5.41) is 2.82. The molecule has 140 valence electrons. The molecule has 0 radical (unpaired) electrons. The van der Waals surface area contributed by atoms with E-state index >= 15 is 0 Å². The zero-order valence-corrected chi connectivity index (χ0v) is 15.4. The Morgan fingerprint density at radius 3 is 2.52 bits per heavy atom. The Balaban J connectivity index is 1.64. The summed E-state index contributed by atoms with van der Waals surface area (Å²) in [5.74, 6) is 1.25. The van der Waals surface area contributed by atoms with Crippen molar-refractivity contribution in [2.75, 3.05) is 18.4 Å². The smallest absolute Gasteiger partial charge is 0.245 e. The highest BCUT2D eigenvalue weighted by Crippen LogP contribution is 2.26. The quantitative estimate of drug-likeness (QED) is 0.822. The highest BCUT2D eigenvalue weighted by atomic mass is 32.2. The molecule has 2 aromatic rings. The molecule has 5 nitrogen and oxygen atoms in total. The van der Waals surface area contributed by atoms with Gasteiger partial charge in [-0.2, -0.15) is 4.31 Å². The van der Waals surface area contributed by atoms with E-state index in [0.717, 1.165) is 6.07 Å². The average molecular weight is 386 g/mol. The number of hydrogen-bond donors (Lipinski definition) is 1. The summed E-state index contributed by atoms with van der Waals surface area (Å²) in [5.41, 5.74) is 1.27. The van der Waals surface area contributed by atoms with Gasteiger partial charge in [-0.15, -0.1) is 6.42 Å². The van der Waals surface area contributed by atoms with E-state index in [9.17, 15) is 17.6 Å². The first-order valence-corrected chi connectivity index (χ1v) is 9.98. The van der Waals surface area contributed by atoms with Gasteiger partial charge in [-0.3, -0.25) is 4.79 Å². The van der Waals surface area contributed by atoms with Crippen LogP contribution in [0, 0.1) is 24.1 Å². The molecule has 0 spiro atoms. The molecule has 1 saturated heterocycles. The number of halogens is 1. The predicted octanol–water partition coefficient (Wildman–Crippen LogP) is 2.85. The number of rotatable bonds is 4. The number of benzene rings is 2. The lowest BCUT2D eigenvalue weighted by Gasteiger charge is -2.30. The summed E-state index contributed by atoms with van der Waals surface area (Å²) in [6, 6.07) is 12.3. The number of nitrogens with one attached hydrogen (secondary N) is 1. The Labute approximate surface area is 158 Å². The van der Waals surface area contributed by atoms with Crippen LogP contribution >= 0.6 is 0 Å². The first-order chi connectivity index (χ1) is 12.9. The van der Waals surface area contributed by atoms with E-state index < -0.39 is 15.8 Å². The zero-order valence-electron chi connectivity index (χ0n) is 14.6. The van der Waals surface area contributed by atoms with Gasteiger partial charge in [0.2, 0.25) is 15.9 Å². The number of piperidine rings is 1. The number of carbonyl (C=O) groups is 1. The minimum absolute atomic E-state index is 0.166. The maximum absolute atomic E-state index is 13.9. The molecule has 0 saturated carbocycles. The van der Waals surface area contributed by atoms with Crippen LogP contribution in [0.25, 0.3) is 0 Å². The predicted molar refractivity (Wildman–Crippen MR) is 101 cm³/mol. The Kier molecular flexibility index (Phi) is 5.59. The van der Waals surface area contributed by atoms with Gasteiger partial charge in [-0.1, -0.05) is 24.1 Å². The van der Waals surface area contributed by atoms with E-state index in [1.165, 1.54) is 22.5 Å². The summed E-state index contributed by atoms with van der Waals surface area (Å²) < 4.78 is 40.3. The third-order valence-electron chi connectivity index (χ3n) is 4.58. The van der Waals surface area contributed by atoms with Crippen molar-refractivity contribution >= 4 is 21.6 Å². The molecule has 3 rings (SSSR count). The van der Waals surface area contributed by atoms with Crippen LogP contribution < -0.4 is 5.32 Å². The molecule has 2 aromatic carbocycles. The maximum atomic E-state index is 13.9. The van der Waals surface area contributed by atoms with Gasteiger partial charge in [0.15, 0.2) is 0 Å². The second-order valence-corrected chi connectivity index (χ2v) is 8.23. The van der Waals surface area contributed by atoms with Crippen LogP contribution in [0.3, 0.4) is 0 Å². The maximum Gasteiger partial charge on any atom is 0.245 e. The lowest BCUT2D eigenvalue weighted by atomic mass is 9.97. The molecular formula is C20H19FN2O3S. The van der Waals surface area contributed by atoms with Crippen LogP contribution in [0.2, 0.25) is 0 Å². The van der Waals surface area contributed by atoms with Crippen molar-refractivity contribution in [1.29, 1.82) is 0 Å². The number of amides is 1. The molecule has 1 N–H and O–H groups in total. The van der Waals surface area contributed by atoms with Crippen molar-refractivity contribution in [3.05, 3.63) is 59.9 Å². The molecule has 0 atom stereocenters. The van der Waals surface area contributed by atoms with Crippen molar-refractivity contribution in [3.8, 4) is 12.3 Å². The van der Waals surface area contributed by atoms with Crippen molar-refractivity contribution < 1.29 is 17.6 Å². The van der Waals surface area contributed by atoms with Crippen LogP contribution in [0.4, 0.5) is 10.1 Å². The topological polar surface area (TPSA) is 66.5 Å². The largest absolute Gasteiger partial charge is 0.326 e. The number of carbonyl (C=O) groups excluding carboxylic acids is 1. The monoisotopic (exact) mass is 386 g/mol. The van der Waals surface area contributed by atoms with Crippen LogP contribution in [0.1, 0.15) is 18.4 Å². The van der Waals surface area contributed by atoms with Crippen molar-refractivity contribution in [3.63, 3.8) is 0 Å². The summed E-state index contributed by atoms with van der Waals surface area (Å²) in [4.78, 5) is 12.1. The number of terminal acetylenes is 1. The third kappa shape index (κ3) is 4.18. The van der Waals surface area contributed by atoms with Crippen LogP contribution in [-0.4, -0.2) is 31.7 Å². The first kappa shape index (κ1) is 19.1. The van der Waals surface area contributed by atoms with E-state index in [4.69, 9.17) is 6.42 Å². The first-order valence-electron chi connectivity index (χ1n) is 8.54. The number of sulfonamides is 1. The second kappa shape index (κ2) is 7.91. The molecular weight excluding hydrogens is 367 g/mol. The number of nitrogens with zero attached hydrogens (tertiary/aromatic N) is 1. The van der Waals surface area contributed by atoms with Gasteiger partial charge in [-0.25, -0.2) is 12.8 Å². The molecule has 7 heteroatoms. The lowest BCUT2D eigenvalue weighted by molar-refractivity contribution is -0.120. The lowest BCUT2D eigenvalue weighted by Crippen LogP contribution is -2.41. The van der Waals surface area contributed by atoms with Crippen molar-refractivity contribution in [2.45, 2.75) is 17.7 Å². The van der Waals surface area contributed by atoms with Gasteiger partial charge in [-0.05, 0) is 43.2 Å². The fourth-order valence-corrected chi connectivity index (χ4v) is 4.62. The van der Waals surface area contributed by atoms with Crippen molar-refractivity contribution in [1.82, 2.24) is 4.31 Å². The molecule has 1 amide bonds. The summed E-state index contributed by atoms with van der Waals surface area (Å²) in [6.07, 6.45) is 6.09. The summed E-state index contributed by atoms with van der Waals surface area (Å²) in [7, 11) is -3.91. The molecule has 1 fully saturated rings. The van der Waals surface area contributed by atoms with E-state index in [2.05, 4.69) is 11.2 Å². The van der Waals surface area contributed by atoms with Crippen molar-refractivity contribution in [2.24, 2.45) is 5.92 Å². The molecule has 1 aliphatic heterocycles. The average Bonchev–Trinajstić information content (AvgIpc) is 2.68. The zero-order chi connectivity index (χ0) is 19.4. The minimum atomic E-state index is -3.91. The standard InChI is InChI=1S/C20H19FN2O3S/c1-2-15-6-5-7-17(14-15)22-20(24)16-10-12-23(13-11-16)27(25,26)19-9-4-3-8-18(19)21/h1,3-9,14,16H,10-13H2,(H,22,24). The van der Waals surface area contributed by atoms with Gasteiger partial charge in [0.05, 0.1) is 0 Å². The van der Waals surface area contributed by atoms with Gasteiger partial charge in [0, 0.05) is 30.3 Å². The minimum Gasteiger partial charge on any atom is -0.326 e. The molecule has 0 aliphatic carbocycles. The van der Waals surface area contributed by atoms with E-state index in [-0.39, 0.29) is 29.8 Å². The number of anilines is 1. The molecule has 1 heterocycles. The van der Waals surface area contributed by atoms with Gasteiger partial charge >= 0.3 is 0 Å². The molecule has 27 heavy (non-hydrogen) atoms. The molecule has 1 aliphatic rings. The Bertz CT molecular complexity index is 990. The molecule has 0 unspecified atom stereocenters. The van der Waals surface area contributed by atoms with E-state index in [1.807, 2.05) is 0 Å². The highest BCUT2D eigenvalue weighted by molar-refractivity contribution is 7.89. The summed E-state index contributed by atoms with van der Waals surface area (Å²) in [6.45, 7) is 0.332. The fraction of sp³-hybridized carbons (Fsp3) is 0.250. The Hall–Kier alpha value is -2.69. The number of hydrogen-bond acceptors (Lipinski definition) is 3.